The van der Waals surface area contributed by atoms with Gasteiger partial charge in [0.05, 0.1) is 5.69 Å². The van der Waals surface area contributed by atoms with Crippen LogP contribution in [-0.2, 0) is 4.79 Å². The standard InChI is InChI=1S/C20H23N3O3/c1-4-23(5-2)16-9-6-14(7-10-16)20(25)21-15-8-11-18-17(12-15)22-19(24)13(3)26-18/h6-13H,4-5H2,1-3H3,(H,21,25)(H,22,24). The van der Waals surface area contributed by atoms with Crippen molar-refractivity contribution in [3.63, 3.8) is 0 Å². The molecule has 2 aromatic carbocycles. The number of nitrogens with zero attached hydrogens (tertiary/aromatic N) is 1. The molecule has 1 unspecified atom stereocenters. The third kappa shape index (κ3) is 3.64. The number of fused-ring (bicyclic) bond motifs is 1. The molecule has 26 heavy (non-hydrogen) atoms. The number of rotatable bonds is 5. The van der Waals surface area contributed by atoms with Gasteiger partial charge in [-0.25, -0.2) is 0 Å². The Hall–Kier alpha value is -3.02. The van der Waals surface area contributed by atoms with Gasteiger partial charge in [-0.3, -0.25) is 9.59 Å². The van der Waals surface area contributed by atoms with Gasteiger partial charge in [0.2, 0.25) is 0 Å². The molecule has 0 radical (unpaired) electrons. The summed E-state index contributed by atoms with van der Waals surface area (Å²) in [5, 5.41) is 5.63. The van der Waals surface area contributed by atoms with Gasteiger partial charge in [0.25, 0.3) is 11.8 Å². The van der Waals surface area contributed by atoms with Gasteiger partial charge < -0.3 is 20.3 Å². The van der Waals surface area contributed by atoms with Crippen LogP contribution in [-0.4, -0.2) is 31.0 Å². The van der Waals surface area contributed by atoms with E-state index in [0.717, 1.165) is 18.8 Å². The van der Waals surface area contributed by atoms with Gasteiger partial charge in [0.15, 0.2) is 6.10 Å². The summed E-state index contributed by atoms with van der Waals surface area (Å²) < 4.78 is 5.52. The number of carbonyl (C=O) groups is 2. The molecule has 0 spiro atoms. The van der Waals surface area contributed by atoms with Gasteiger partial charge in [-0.05, 0) is 63.2 Å². The average Bonchev–Trinajstić information content (AvgIpc) is 2.64. The van der Waals surface area contributed by atoms with Crippen molar-refractivity contribution in [3.05, 3.63) is 48.0 Å². The van der Waals surface area contributed by atoms with Crippen molar-refractivity contribution in [2.24, 2.45) is 0 Å². The smallest absolute Gasteiger partial charge is 0.265 e. The molecule has 0 fully saturated rings. The lowest BCUT2D eigenvalue weighted by atomic mass is 10.1. The van der Waals surface area contributed by atoms with Crippen molar-refractivity contribution in [1.29, 1.82) is 0 Å². The fourth-order valence-electron chi connectivity index (χ4n) is 2.90. The van der Waals surface area contributed by atoms with E-state index in [1.54, 1.807) is 25.1 Å². The molecule has 1 aliphatic rings. The lowest BCUT2D eigenvalue weighted by molar-refractivity contribution is -0.122. The van der Waals surface area contributed by atoms with Crippen molar-refractivity contribution in [1.82, 2.24) is 0 Å². The van der Waals surface area contributed by atoms with Crippen LogP contribution in [0, 0.1) is 0 Å². The predicted octanol–water partition coefficient (Wildman–Crippen LogP) is 3.50. The number of hydrogen-bond donors (Lipinski definition) is 2. The van der Waals surface area contributed by atoms with Crippen molar-refractivity contribution in [3.8, 4) is 5.75 Å². The Morgan fingerprint density at radius 1 is 1.15 bits per heavy atom. The molecule has 0 bridgehead atoms. The Morgan fingerprint density at radius 2 is 1.85 bits per heavy atom. The second-order valence-corrected chi connectivity index (χ2v) is 6.13. The van der Waals surface area contributed by atoms with Crippen molar-refractivity contribution >= 4 is 28.9 Å². The normalized spacial score (nSPS) is 15.5. The van der Waals surface area contributed by atoms with Gasteiger partial charge in [-0.1, -0.05) is 0 Å². The Morgan fingerprint density at radius 3 is 2.50 bits per heavy atom. The molecule has 0 aliphatic carbocycles. The van der Waals surface area contributed by atoms with E-state index >= 15 is 0 Å². The molecule has 6 nitrogen and oxygen atoms in total. The highest BCUT2D eigenvalue weighted by Gasteiger charge is 2.23. The van der Waals surface area contributed by atoms with Crippen LogP contribution in [0.25, 0.3) is 0 Å². The Labute approximate surface area is 153 Å². The number of carbonyl (C=O) groups excluding carboxylic acids is 2. The summed E-state index contributed by atoms with van der Waals surface area (Å²) in [4.78, 5) is 26.4. The Balaban J connectivity index is 1.72. The van der Waals surface area contributed by atoms with Crippen LogP contribution in [0.5, 0.6) is 5.75 Å². The molecule has 2 aromatic rings. The first kappa shape index (κ1) is 17.8. The topological polar surface area (TPSA) is 70.7 Å². The molecule has 0 saturated carbocycles. The number of benzene rings is 2. The molecule has 2 amide bonds. The predicted molar refractivity (Wildman–Crippen MR) is 103 cm³/mol. The lowest BCUT2D eigenvalue weighted by Gasteiger charge is -2.23. The van der Waals surface area contributed by atoms with E-state index in [1.165, 1.54) is 0 Å². The lowest BCUT2D eigenvalue weighted by Crippen LogP contribution is -2.34. The van der Waals surface area contributed by atoms with E-state index in [0.29, 0.717) is 22.7 Å². The van der Waals surface area contributed by atoms with Crippen LogP contribution in [0.15, 0.2) is 42.5 Å². The first-order valence-corrected chi connectivity index (χ1v) is 8.79. The molecule has 0 saturated heterocycles. The van der Waals surface area contributed by atoms with Crippen LogP contribution in [0.3, 0.4) is 0 Å². The fourth-order valence-corrected chi connectivity index (χ4v) is 2.90. The fraction of sp³-hybridized carbons (Fsp3) is 0.300. The minimum atomic E-state index is -0.521. The summed E-state index contributed by atoms with van der Waals surface area (Å²) in [7, 11) is 0. The minimum Gasteiger partial charge on any atom is -0.479 e. The SMILES string of the molecule is CCN(CC)c1ccc(C(=O)Nc2ccc3c(c2)NC(=O)C(C)O3)cc1. The molecule has 1 atom stereocenters. The summed E-state index contributed by atoms with van der Waals surface area (Å²) in [6, 6.07) is 12.7. The molecular formula is C20H23N3O3. The van der Waals surface area contributed by atoms with E-state index in [4.69, 9.17) is 4.74 Å². The quantitative estimate of drug-likeness (QED) is 0.863. The first-order valence-electron chi connectivity index (χ1n) is 8.79. The highest BCUT2D eigenvalue weighted by Crippen LogP contribution is 2.32. The van der Waals surface area contributed by atoms with Crippen LogP contribution < -0.4 is 20.3 Å². The number of amides is 2. The molecule has 0 aromatic heterocycles. The summed E-state index contributed by atoms with van der Waals surface area (Å²) >= 11 is 0. The van der Waals surface area contributed by atoms with Gasteiger partial charge >= 0.3 is 0 Å². The van der Waals surface area contributed by atoms with Crippen LogP contribution in [0.1, 0.15) is 31.1 Å². The molecule has 3 rings (SSSR count). The van der Waals surface area contributed by atoms with Crippen LogP contribution >= 0.6 is 0 Å². The van der Waals surface area contributed by atoms with Gasteiger partial charge in [-0.15, -0.1) is 0 Å². The second-order valence-electron chi connectivity index (χ2n) is 6.13. The third-order valence-corrected chi connectivity index (χ3v) is 4.43. The molecule has 6 heteroatoms. The largest absolute Gasteiger partial charge is 0.479 e. The van der Waals surface area contributed by atoms with Crippen LogP contribution in [0.4, 0.5) is 17.1 Å². The van der Waals surface area contributed by atoms with Gasteiger partial charge in [0.1, 0.15) is 5.75 Å². The molecule has 1 aliphatic heterocycles. The van der Waals surface area contributed by atoms with E-state index in [-0.39, 0.29) is 11.8 Å². The summed E-state index contributed by atoms with van der Waals surface area (Å²) in [5.74, 6) is 0.194. The maximum atomic E-state index is 12.5. The minimum absolute atomic E-state index is 0.201. The number of nitrogens with one attached hydrogen (secondary N) is 2. The van der Waals surface area contributed by atoms with Crippen molar-refractivity contribution in [2.45, 2.75) is 26.9 Å². The first-order chi connectivity index (χ1) is 12.5. The molecule has 2 N–H and O–H groups in total. The van der Waals surface area contributed by atoms with Crippen molar-refractivity contribution < 1.29 is 14.3 Å². The van der Waals surface area contributed by atoms with E-state index in [9.17, 15) is 9.59 Å². The molecular weight excluding hydrogens is 330 g/mol. The third-order valence-electron chi connectivity index (χ3n) is 4.43. The van der Waals surface area contributed by atoms with Gasteiger partial charge in [-0.2, -0.15) is 0 Å². The summed E-state index contributed by atoms with van der Waals surface area (Å²) in [6.45, 7) is 7.73. The highest BCUT2D eigenvalue weighted by molar-refractivity contribution is 6.05. The highest BCUT2D eigenvalue weighted by atomic mass is 16.5. The Bertz CT molecular complexity index is 814. The Kier molecular flexibility index (Phi) is 5.11. The van der Waals surface area contributed by atoms with Crippen LogP contribution in [0.2, 0.25) is 0 Å². The summed E-state index contributed by atoms with van der Waals surface area (Å²) in [6.07, 6.45) is -0.521. The number of anilines is 3. The molecule has 1 heterocycles. The van der Waals surface area contributed by atoms with E-state index in [2.05, 4.69) is 29.4 Å². The zero-order valence-electron chi connectivity index (χ0n) is 15.2. The number of hydrogen-bond acceptors (Lipinski definition) is 4. The van der Waals surface area contributed by atoms with Crippen molar-refractivity contribution in [2.75, 3.05) is 28.6 Å². The maximum Gasteiger partial charge on any atom is 0.265 e. The van der Waals surface area contributed by atoms with Gasteiger partial charge in [0, 0.05) is 30.0 Å². The monoisotopic (exact) mass is 353 g/mol. The van der Waals surface area contributed by atoms with E-state index in [1.807, 2.05) is 24.3 Å². The summed E-state index contributed by atoms with van der Waals surface area (Å²) in [5.41, 5.74) is 2.82. The molecule has 136 valence electrons. The van der Waals surface area contributed by atoms with E-state index < -0.39 is 6.10 Å². The zero-order chi connectivity index (χ0) is 18.7. The zero-order valence-corrected chi connectivity index (χ0v) is 15.2. The second kappa shape index (κ2) is 7.47. The maximum absolute atomic E-state index is 12.5. The number of ether oxygens (including phenoxy) is 1. The average molecular weight is 353 g/mol.